The van der Waals surface area contributed by atoms with Crippen molar-refractivity contribution in [2.24, 2.45) is 0 Å². The van der Waals surface area contributed by atoms with Crippen LogP contribution in [0.2, 0.25) is 0 Å². The largest absolute Gasteiger partial charge is 0.507 e. The molecule has 1 aliphatic rings. The van der Waals surface area contributed by atoms with Crippen molar-refractivity contribution in [3.05, 3.63) is 59.2 Å². The number of amides is 1. The standard InChI is InChI=1S/C31H42N2O6/c1-6-10-20-39-24-15-12-22(13-16-24)29(34)27-28(23-14-17-25(38-9-4)26(21-23)37-5)33(31(36)30(27)35)19-11-18-32(7-2)8-3/h12-17,21,28,34H,6-11,18-20H2,1-5H3. The van der Waals surface area contributed by atoms with Gasteiger partial charge in [0.05, 0.1) is 31.9 Å². The molecule has 0 aliphatic carbocycles. The van der Waals surface area contributed by atoms with Gasteiger partial charge in [0.25, 0.3) is 11.7 Å². The van der Waals surface area contributed by atoms with Crippen LogP contribution in [0, 0.1) is 0 Å². The molecule has 0 spiro atoms. The van der Waals surface area contributed by atoms with Crippen LogP contribution in [0.4, 0.5) is 0 Å². The number of benzene rings is 2. The molecule has 8 heteroatoms. The second-order valence-corrected chi connectivity index (χ2v) is 9.44. The Labute approximate surface area is 232 Å². The molecule has 212 valence electrons. The summed E-state index contributed by atoms with van der Waals surface area (Å²) >= 11 is 0. The van der Waals surface area contributed by atoms with Gasteiger partial charge >= 0.3 is 0 Å². The van der Waals surface area contributed by atoms with E-state index in [1.807, 2.05) is 13.0 Å². The Morgan fingerprint density at radius 2 is 1.67 bits per heavy atom. The van der Waals surface area contributed by atoms with E-state index < -0.39 is 17.7 Å². The van der Waals surface area contributed by atoms with Crippen LogP contribution < -0.4 is 14.2 Å². The van der Waals surface area contributed by atoms with Crippen LogP contribution in [0.25, 0.3) is 5.76 Å². The summed E-state index contributed by atoms with van der Waals surface area (Å²) in [4.78, 5) is 30.5. The van der Waals surface area contributed by atoms with Gasteiger partial charge in [0, 0.05) is 12.1 Å². The lowest BCUT2D eigenvalue weighted by molar-refractivity contribution is -0.140. The predicted octanol–water partition coefficient (Wildman–Crippen LogP) is 5.43. The molecule has 1 saturated heterocycles. The molecular formula is C31H42N2O6. The van der Waals surface area contributed by atoms with Gasteiger partial charge in [-0.05, 0) is 81.4 Å². The van der Waals surface area contributed by atoms with Crippen LogP contribution in [0.3, 0.4) is 0 Å². The summed E-state index contributed by atoms with van der Waals surface area (Å²) in [6.45, 7) is 12.3. The van der Waals surface area contributed by atoms with Gasteiger partial charge in [0.2, 0.25) is 0 Å². The highest BCUT2D eigenvalue weighted by Crippen LogP contribution is 2.42. The summed E-state index contributed by atoms with van der Waals surface area (Å²) in [5, 5.41) is 11.4. The van der Waals surface area contributed by atoms with Gasteiger partial charge in [-0.15, -0.1) is 0 Å². The quantitative estimate of drug-likeness (QED) is 0.140. The zero-order chi connectivity index (χ0) is 28.4. The third kappa shape index (κ3) is 7.12. The maximum Gasteiger partial charge on any atom is 0.295 e. The summed E-state index contributed by atoms with van der Waals surface area (Å²) in [5.41, 5.74) is 1.17. The van der Waals surface area contributed by atoms with Crippen molar-refractivity contribution < 1.29 is 28.9 Å². The molecule has 8 nitrogen and oxygen atoms in total. The molecule has 0 saturated carbocycles. The molecule has 2 aromatic rings. The number of aliphatic hydroxyl groups is 1. The maximum absolute atomic E-state index is 13.4. The molecule has 1 atom stereocenters. The van der Waals surface area contributed by atoms with Gasteiger partial charge in [-0.1, -0.05) is 33.3 Å². The van der Waals surface area contributed by atoms with E-state index in [4.69, 9.17) is 14.2 Å². The van der Waals surface area contributed by atoms with E-state index in [0.29, 0.717) is 54.6 Å². The highest BCUT2D eigenvalue weighted by Gasteiger charge is 2.46. The molecule has 1 fully saturated rings. The molecule has 1 unspecified atom stereocenters. The average Bonchev–Trinajstić information content (AvgIpc) is 3.21. The normalized spacial score (nSPS) is 16.7. The van der Waals surface area contributed by atoms with Gasteiger partial charge in [-0.3, -0.25) is 9.59 Å². The lowest BCUT2D eigenvalue weighted by Crippen LogP contribution is -2.33. The van der Waals surface area contributed by atoms with Gasteiger partial charge in [0.1, 0.15) is 11.5 Å². The zero-order valence-electron chi connectivity index (χ0n) is 23.9. The van der Waals surface area contributed by atoms with Crippen molar-refractivity contribution in [2.45, 2.75) is 53.0 Å². The van der Waals surface area contributed by atoms with Crippen molar-refractivity contribution in [3.63, 3.8) is 0 Å². The van der Waals surface area contributed by atoms with Crippen molar-refractivity contribution in [2.75, 3.05) is 46.5 Å². The molecule has 3 rings (SSSR count). The number of ether oxygens (including phenoxy) is 3. The van der Waals surface area contributed by atoms with Crippen LogP contribution in [0.15, 0.2) is 48.0 Å². The molecule has 39 heavy (non-hydrogen) atoms. The first kappa shape index (κ1) is 30.0. The number of hydrogen-bond acceptors (Lipinski definition) is 7. The first-order chi connectivity index (χ1) is 18.9. The Hall–Kier alpha value is -3.52. The summed E-state index contributed by atoms with van der Waals surface area (Å²) in [5.74, 6) is 0.227. The van der Waals surface area contributed by atoms with Crippen molar-refractivity contribution in [1.29, 1.82) is 0 Å². The number of unbranched alkanes of at least 4 members (excludes halogenated alkanes) is 1. The van der Waals surface area contributed by atoms with Crippen molar-refractivity contribution in [3.8, 4) is 17.2 Å². The van der Waals surface area contributed by atoms with E-state index >= 15 is 0 Å². The smallest absolute Gasteiger partial charge is 0.295 e. The Bertz CT molecular complexity index is 1140. The second kappa shape index (κ2) is 14.6. The molecule has 0 bridgehead atoms. The number of carbonyl (C=O) groups excluding carboxylic acids is 2. The van der Waals surface area contributed by atoms with Crippen LogP contribution >= 0.6 is 0 Å². The van der Waals surface area contributed by atoms with Gasteiger partial charge in [-0.2, -0.15) is 0 Å². The summed E-state index contributed by atoms with van der Waals surface area (Å²) in [7, 11) is 1.55. The summed E-state index contributed by atoms with van der Waals surface area (Å²) in [6, 6.07) is 11.6. The predicted molar refractivity (Wildman–Crippen MR) is 152 cm³/mol. The Morgan fingerprint density at radius 1 is 0.949 bits per heavy atom. The number of methoxy groups -OCH3 is 1. The summed E-state index contributed by atoms with van der Waals surface area (Å²) in [6.07, 6.45) is 2.68. The van der Waals surface area contributed by atoms with Crippen LogP contribution in [0.1, 0.15) is 64.1 Å². The van der Waals surface area contributed by atoms with Crippen LogP contribution in [0.5, 0.6) is 17.2 Å². The molecule has 1 amide bonds. The number of carbonyl (C=O) groups is 2. The highest BCUT2D eigenvalue weighted by molar-refractivity contribution is 6.46. The number of nitrogens with zero attached hydrogens (tertiary/aromatic N) is 2. The number of Topliss-reactive ketones (excluding diaryl/α,β-unsaturated/α-hetero) is 1. The minimum atomic E-state index is -0.758. The van der Waals surface area contributed by atoms with Crippen molar-refractivity contribution >= 4 is 17.4 Å². The Kier molecular flexibility index (Phi) is 11.2. The lowest BCUT2D eigenvalue weighted by Gasteiger charge is -2.27. The van der Waals surface area contributed by atoms with Gasteiger partial charge in [-0.25, -0.2) is 0 Å². The van der Waals surface area contributed by atoms with E-state index in [-0.39, 0.29) is 11.3 Å². The number of ketones is 1. The van der Waals surface area contributed by atoms with Gasteiger partial charge < -0.3 is 29.1 Å². The van der Waals surface area contributed by atoms with E-state index in [1.165, 1.54) is 0 Å². The number of aliphatic hydroxyl groups excluding tert-OH is 1. The fraction of sp³-hybridized carbons (Fsp3) is 0.484. The third-order valence-corrected chi connectivity index (χ3v) is 7.01. The SMILES string of the molecule is CCCCOc1ccc(C(O)=C2C(=O)C(=O)N(CCCN(CC)CC)C2c2ccc(OCC)c(OC)c2)cc1. The molecule has 1 aliphatic heterocycles. The Balaban J connectivity index is 2.02. The van der Waals surface area contributed by atoms with E-state index in [2.05, 4.69) is 25.7 Å². The van der Waals surface area contributed by atoms with Gasteiger partial charge in [0.15, 0.2) is 11.5 Å². The lowest BCUT2D eigenvalue weighted by atomic mass is 9.95. The second-order valence-electron chi connectivity index (χ2n) is 9.44. The molecule has 2 aromatic carbocycles. The van der Waals surface area contributed by atoms with E-state index in [9.17, 15) is 14.7 Å². The third-order valence-electron chi connectivity index (χ3n) is 7.01. The molecule has 0 aromatic heterocycles. The van der Waals surface area contributed by atoms with E-state index in [1.54, 1.807) is 48.4 Å². The first-order valence-corrected chi connectivity index (χ1v) is 13.9. The monoisotopic (exact) mass is 538 g/mol. The number of likely N-dealkylation sites (tertiary alicyclic amines) is 1. The first-order valence-electron chi connectivity index (χ1n) is 13.9. The zero-order valence-corrected chi connectivity index (χ0v) is 23.9. The van der Waals surface area contributed by atoms with E-state index in [0.717, 1.165) is 32.5 Å². The summed E-state index contributed by atoms with van der Waals surface area (Å²) < 4.78 is 17.0. The highest BCUT2D eigenvalue weighted by atomic mass is 16.5. The maximum atomic E-state index is 13.4. The Morgan fingerprint density at radius 3 is 2.28 bits per heavy atom. The minimum absolute atomic E-state index is 0.0636. The molecule has 1 heterocycles. The van der Waals surface area contributed by atoms with Crippen LogP contribution in [-0.2, 0) is 9.59 Å². The molecular weight excluding hydrogens is 496 g/mol. The average molecular weight is 539 g/mol. The number of hydrogen-bond donors (Lipinski definition) is 1. The van der Waals surface area contributed by atoms with Crippen LogP contribution in [-0.4, -0.2) is 73.1 Å². The minimum Gasteiger partial charge on any atom is -0.507 e. The molecule has 1 N–H and O–H groups in total. The number of rotatable bonds is 15. The molecule has 0 radical (unpaired) electrons. The van der Waals surface area contributed by atoms with Crippen molar-refractivity contribution in [1.82, 2.24) is 9.80 Å². The topological polar surface area (TPSA) is 88.5 Å². The fourth-order valence-corrected chi connectivity index (χ4v) is 4.79. The fourth-order valence-electron chi connectivity index (χ4n) is 4.79.